The van der Waals surface area contributed by atoms with Crippen molar-refractivity contribution in [3.8, 4) is 11.3 Å². The van der Waals surface area contributed by atoms with Gasteiger partial charge in [0.2, 0.25) is 0 Å². The van der Waals surface area contributed by atoms with Gasteiger partial charge in [0.05, 0.1) is 33.3 Å². The van der Waals surface area contributed by atoms with Crippen LogP contribution in [0, 0.1) is 0 Å². The number of hydrogen-bond acceptors (Lipinski definition) is 6. The van der Waals surface area contributed by atoms with Gasteiger partial charge >= 0.3 is 6.18 Å². The summed E-state index contributed by atoms with van der Waals surface area (Å²) < 4.78 is 80.9. The Balaban J connectivity index is 1.49. The third-order valence-electron chi connectivity index (χ3n) is 9.44. The second-order valence-electron chi connectivity index (χ2n) is 12.8. The zero-order valence-corrected chi connectivity index (χ0v) is 27.6. The molecule has 2 saturated heterocycles. The van der Waals surface area contributed by atoms with Crippen molar-refractivity contribution in [1.82, 2.24) is 20.1 Å². The van der Waals surface area contributed by atoms with Crippen LogP contribution < -0.4 is 5.32 Å². The Morgan fingerprint density at radius 2 is 1.71 bits per heavy atom. The highest BCUT2D eigenvalue weighted by molar-refractivity contribution is 7.90. The fourth-order valence-corrected chi connectivity index (χ4v) is 7.49. The predicted octanol–water partition coefficient (Wildman–Crippen LogP) is 6.82. The van der Waals surface area contributed by atoms with E-state index >= 15 is 0 Å². The molecule has 4 aromatic rings. The largest absolute Gasteiger partial charge is 0.416 e. The lowest BCUT2D eigenvalue weighted by molar-refractivity contribution is -0.137. The molecule has 0 aliphatic carbocycles. The molecule has 0 bridgehead atoms. The van der Waals surface area contributed by atoms with E-state index in [9.17, 15) is 30.8 Å². The first-order valence-corrected chi connectivity index (χ1v) is 18.0. The van der Waals surface area contributed by atoms with Gasteiger partial charge in [-0.25, -0.2) is 17.8 Å². The van der Waals surface area contributed by atoms with E-state index in [1.165, 1.54) is 24.3 Å². The van der Waals surface area contributed by atoms with Crippen molar-refractivity contribution < 1.29 is 30.8 Å². The summed E-state index contributed by atoms with van der Waals surface area (Å²) in [6.07, 6.45) is -2.27. The number of piperidine rings is 1. The molecular weight excluding hydrogens is 644 g/mol. The molecule has 1 N–H and O–H groups in total. The minimum Gasteiger partial charge on any atom is -0.345 e. The highest BCUT2D eigenvalue weighted by Crippen LogP contribution is 2.37. The van der Waals surface area contributed by atoms with E-state index in [4.69, 9.17) is 4.98 Å². The minimum atomic E-state index is -4.60. The molecule has 0 spiro atoms. The van der Waals surface area contributed by atoms with Gasteiger partial charge in [0.15, 0.2) is 9.84 Å². The van der Waals surface area contributed by atoms with Crippen LogP contribution in [-0.4, -0.2) is 73.8 Å². The fraction of sp³-hybridized carbons (Fsp3) is 0.389. The zero-order valence-electron chi connectivity index (χ0n) is 26.8. The number of rotatable bonds is 8. The number of nitrogens with zero attached hydrogens (tertiary/aromatic N) is 3. The van der Waals surface area contributed by atoms with Gasteiger partial charge in [0.1, 0.15) is 6.17 Å². The van der Waals surface area contributed by atoms with Gasteiger partial charge < -0.3 is 5.32 Å². The van der Waals surface area contributed by atoms with Gasteiger partial charge in [-0.05, 0) is 75.2 Å². The number of fused-ring (bicyclic) bond motifs is 1. The van der Waals surface area contributed by atoms with Gasteiger partial charge in [-0.15, -0.1) is 0 Å². The maximum Gasteiger partial charge on any atom is 0.416 e. The van der Waals surface area contributed by atoms with Crippen LogP contribution in [0.4, 0.5) is 17.6 Å². The Labute approximate surface area is 277 Å². The number of carbonyl (C=O) groups excluding carboxylic acids is 1. The Morgan fingerprint density at radius 3 is 2.35 bits per heavy atom. The molecule has 2 fully saturated rings. The number of halogens is 4. The summed E-state index contributed by atoms with van der Waals surface area (Å²) in [5, 5.41) is 3.34. The number of sulfone groups is 1. The van der Waals surface area contributed by atoms with Crippen LogP contribution in [0.25, 0.3) is 22.2 Å². The van der Waals surface area contributed by atoms with Crippen LogP contribution in [0.5, 0.6) is 0 Å². The number of carbonyl (C=O) groups is 1. The lowest BCUT2D eigenvalue weighted by atomic mass is 9.93. The van der Waals surface area contributed by atoms with E-state index < -0.39 is 39.7 Å². The Morgan fingerprint density at radius 1 is 0.979 bits per heavy atom. The fourth-order valence-electron chi connectivity index (χ4n) is 6.84. The molecule has 6 rings (SSSR count). The summed E-state index contributed by atoms with van der Waals surface area (Å²) in [4.78, 5) is 23.5. The summed E-state index contributed by atoms with van der Waals surface area (Å²) in [5.41, 5.74) is 1.28. The lowest BCUT2D eigenvalue weighted by Crippen LogP contribution is -2.44. The molecule has 7 nitrogen and oxygen atoms in total. The Hall–Kier alpha value is -3.87. The molecule has 2 aliphatic rings. The summed E-state index contributed by atoms with van der Waals surface area (Å²) in [6.45, 7) is 4.42. The van der Waals surface area contributed by atoms with E-state index in [1.54, 1.807) is 6.07 Å². The smallest absolute Gasteiger partial charge is 0.345 e. The first kappa shape index (κ1) is 34.0. The van der Waals surface area contributed by atoms with Crippen molar-refractivity contribution in [2.75, 3.05) is 32.4 Å². The van der Waals surface area contributed by atoms with Gasteiger partial charge in [0, 0.05) is 48.4 Å². The van der Waals surface area contributed by atoms with Crippen molar-refractivity contribution in [1.29, 1.82) is 0 Å². The predicted molar refractivity (Wildman–Crippen MR) is 177 cm³/mol. The van der Waals surface area contributed by atoms with Crippen molar-refractivity contribution in [2.24, 2.45) is 0 Å². The summed E-state index contributed by atoms with van der Waals surface area (Å²) >= 11 is 0. The van der Waals surface area contributed by atoms with E-state index in [-0.39, 0.29) is 39.8 Å². The van der Waals surface area contributed by atoms with Gasteiger partial charge in [-0.1, -0.05) is 42.5 Å². The van der Waals surface area contributed by atoms with Gasteiger partial charge in [-0.2, -0.15) is 13.2 Å². The van der Waals surface area contributed by atoms with Crippen LogP contribution in [0.15, 0.2) is 77.7 Å². The molecule has 254 valence electrons. The van der Waals surface area contributed by atoms with Crippen molar-refractivity contribution in [2.45, 2.75) is 62.1 Å². The van der Waals surface area contributed by atoms with Crippen molar-refractivity contribution in [3.63, 3.8) is 0 Å². The second-order valence-corrected chi connectivity index (χ2v) is 14.9. The number of pyridine rings is 1. The molecule has 3 aromatic carbocycles. The standard InChI is InChI=1S/C36H38F4N4O3S/c1-23(24-7-4-3-5-8-24)41-35(45)33-30-20-29(48(2,46)47)11-12-32(30)42-34(25-9-6-10-26(19-25)36(38,39)40)31(33)22-43-16-14-28(15-17-43)44-18-13-27(37)21-44/h3-12,19-20,23,27-28H,13-18,21-22H2,1-2H3,(H,41,45)/t23?,27-/m0/s1. The summed E-state index contributed by atoms with van der Waals surface area (Å²) in [7, 11) is -3.67. The molecule has 1 unspecified atom stereocenters. The van der Waals surface area contributed by atoms with Gasteiger partial charge in [0.25, 0.3) is 5.91 Å². The van der Waals surface area contributed by atoms with Crippen molar-refractivity contribution in [3.05, 3.63) is 95.1 Å². The third kappa shape index (κ3) is 7.40. The topological polar surface area (TPSA) is 82.6 Å². The van der Waals surface area contributed by atoms with E-state index in [1.807, 2.05) is 37.3 Å². The molecule has 1 aromatic heterocycles. The highest BCUT2D eigenvalue weighted by Gasteiger charge is 2.34. The first-order valence-electron chi connectivity index (χ1n) is 16.1. The summed E-state index contributed by atoms with van der Waals surface area (Å²) in [6, 6.07) is 18.3. The molecule has 0 radical (unpaired) electrons. The lowest BCUT2D eigenvalue weighted by Gasteiger charge is -2.37. The van der Waals surface area contributed by atoms with E-state index in [2.05, 4.69) is 15.1 Å². The number of likely N-dealkylation sites (tertiary alicyclic amines) is 2. The van der Waals surface area contributed by atoms with Crippen LogP contribution in [-0.2, 0) is 22.6 Å². The maximum atomic E-state index is 14.4. The monoisotopic (exact) mass is 682 g/mol. The SMILES string of the molecule is CC(NC(=O)c1c(CN2CCC(N3CC[C@H](F)C3)CC2)c(-c2cccc(C(F)(F)F)c2)nc2ccc(S(C)(=O)=O)cc12)c1ccccc1. The molecular formula is C36H38F4N4O3S. The number of nitrogens with one attached hydrogen (secondary N) is 1. The number of benzene rings is 3. The molecule has 3 heterocycles. The number of aromatic nitrogens is 1. The minimum absolute atomic E-state index is 0.00248. The van der Waals surface area contributed by atoms with E-state index in [0.717, 1.165) is 36.8 Å². The van der Waals surface area contributed by atoms with Crippen molar-refractivity contribution >= 4 is 26.6 Å². The first-order chi connectivity index (χ1) is 22.8. The van der Waals surface area contributed by atoms with Crippen LogP contribution in [0.2, 0.25) is 0 Å². The van der Waals surface area contributed by atoms with Crippen LogP contribution in [0.3, 0.4) is 0 Å². The molecule has 0 saturated carbocycles. The Kier molecular flexibility index (Phi) is 9.61. The van der Waals surface area contributed by atoms with Crippen LogP contribution >= 0.6 is 0 Å². The van der Waals surface area contributed by atoms with Crippen LogP contribution in [0.1, 0.15) is 59.3 Å². The molecule has 1 amide bonds. The van der Waals surface area contributed by atoms with Gasteiger partial charge in [-0.3, -0.25) is 14.6 Å². The van der Waals surface area contributed by atoms with E-state index in [0.29, 0.717) is 43.5 Å². The zero-order chi connectivity index (χ0) is 34.2. The molecule has 2 atom stereocenters. The quantitative estimate of drug-likeness (QED) is 0.206. The third-order valence-corrected chi connectivity index (χ3v) is 10.6. The Bertz CT molecular complexity index is 1910. The second kappa shape index (κ2) is 13.6. The summed E-state index contributed by atoms with van der Waals surface area (Å²) in [5.74, 6) is -0.492. The number of hydrogen-bond donors (Lipinski definition) is 1. The molecule has 2 aliphatic heterocycles. The maximum absolute atomic E-state index is 14.4. The number of amides is 1. The normalized spacial score (nSPS) is 19.1. The average molecular weight is 683 g/mol. The molecule has 48 heavy (non-hydrogen) atoms. The average Bonchev–Trinajstić information content (AvgIpc) is 3.50. The number of alkyl halides is 4. The molecule has 12 heteroatoms. The highest BCUT2D eigenvalue weighted by atomic mass is 32.2.